The first kappa shape index (κ1) is 34.9. The first-order chi connectivity index (χ1) is 20.4. The number of rotatable bonds is 9. The van der Waals surface area contributed by atoms with Crippen LogP contribution in [0.15, 0.2) is 49.2 Å². The fourth-order valence-corrected chi connectivity index (χ4v) is 5.63. The summed E-state index contributed by atoms with van der Waals surface area (Å²) in [5.74, 6) is -1.32. The average Bonchev–Trinajstić information content (AvgIpc) is 3.30. The van der Waals surface area contributed by atoms with Crippen LogP contribution >= 0.6 is 0 Å². The zero-order valence-corrected chi connectivity index (χ0v) is 26.7. The molecular formula is C33H43F3N2O6. The number of nitrogens with zero attached hydrogens (tertiary/aromatic N) is 2. The van der Waals surface area contributed by atoms with E-state index in [9.17, 15) is 22.8 Å². The van der Waals surface area contributed by atoms with Crippen LogP contribution in [0.25, 0.3) is 0 Å². The maximum atomic E-state index is 13.8. The number of carbonyl (C=O) groups is 2. The molecule has 0 unspecified atom stereocenters. The zero-order chi connectivity index (χ0) is 33.0. The number of benzene rings is 1. The smallest absolute Gasteiger partial charge is 0.417 e. The normalized spacial score (nSPS) is 20.8. The van der Waals surface area contributed by atoms with Crippen LogP contribution in [0.2, 0.25) is 0 Å². The van der Waals surface area contributed by atoms with E-state index in [0.29, 0.717) is 11.8 Å². The first-order valence-corrected chi connectivity index (χ1v) is 14.5. The lowest BCUT2D eigenvalue weighted by atomic mass is 9.73. The molecule has 1 aromatic carbocycles. The van der Waals surface area contributed by atoms with Gasteiger partial charge in [-0.05, 0) is 34.9 Å². The number of pyridine rings is 1. The predicted molar refractivity (Wildman–Crippen MR) is 159 cm³/mol. The van der Waals surface area contributed by atoms with Gasteiger partial charge in [0.05, 0.1) is 38.0 Å². The van der Waals surface area contributed by atoms with Crippen molar-refractivity contribution in [3.63, 3.8) is 0 Å². The summed E-state index contributed by atoms with van der Waals surface area (Å²) in [4.78, 5) is 32.6. The van der Waals surface area contributed by atoms with Crippen molar-refractivity contribution in [1.29, 1.82) is 0 Å². The third-order valence-corrected chi connectivity index (χ3v) is 7.64. The molecule has 1 fully saturated rings. The van der Waals surface area contributed by atoms with Gasteiger partial charge in [0.15, 0.2) is 0 Å². The van der Waals surface area contributed by atoms with Gasteiger partial charge in [-0.25, -0.2) is 14.6 Å². The van der Waals surface area contributed by atoms with E-state index < -0.39 is 53.3 Å². The second-order valence-electron chi connectivity index (χ2n) is 12.8. The highest BCUT2D eigenvalue weighted by molar-refractivity contribution is 5.83. The summed E-state index contributed by atoms with van der Waals surface area (Å²) >= 11 is 0. The Hall–Kier alpha value is -3.60. The van der Waals surface area contributed by atoms with E-state index in [2.05, 4.69) is 32.3 Å². The molecule has 0 aliphatic carbocycles. The Bertz CT molecular complexity index is 1330. The molecule has 8 nitrogen and oxygen atoms in total. The summed E-state index contributed by atoms with van der Waals surface area (Å²) in [6.45, 7) is 16.8. The number of likely N-dealkylation sites (tertiary alicyclic amines) is 1. The van der Waals surface area contributed by atoms with Crippen LogP contribution in [0.4, 0.5) is 18.0 Å². The van der Waals surface area contributed by atoms with E-state index in [1.165, 1.54) is 18.1 Å². The van der Waals surface area contributed by atoms with E-state index in [0.717, 1.165) is 11.6 Å². The van der Waals surface area contributed by atoms with E-state index in [1.807, 2.05) is 45.0 Å². The van der Waals surface area contributed by atoms with Crippen molar-refractivity contribution in [2.75, 3.05) is 20.3 Å². The lowest BCUT2D eigenvalue weighted by molar-refractivity contribution is -0.151. The summed E-state index contributed by atoms with van der Waals surface area (Å²) in [7, 11) is 1.31. The lowest BCUT2D eigenvalue weighted by Crippen LogP contribution is -2.48. The molecule has 11 heteroatoms. The molecule has 2 heterocycles. The molecule has 0 saturated carbocycles. The second-order valence-corrected chi connectivity index (χ2v) is 12.8. The predicted octanol–water partition coefficient (Wildman–Crippen LogP) is 7.27. The number of hydrogen-bond acceptors (Lipinski definition) is 7. The molecule has 0 bridgehead atoms. The Morgan fingerprint density at radius 2 is 1.73 bits per heavy atom. The fourth-order valence-electron chi connectivity index (χ4n) is 5.63. The number of halogens is 3. The molecule has 3 rings (SSSR count). The van der Waals surface area contributed by atoms with Crippen molar-refractivity contribution in [3.05, 3.63) is 71.4 Å². The molecule has 0 radical (unpaired) electrons. The molecule has 4 atom stereocenters. The first-order valence-electron chi connectivity index (χ1n) is 14.5. The number of amides is 1. The monoisotopic (exact) mass is 620 g/mol. The zero-order valence-electron chi connectivity index (χ0n) is 26.7. The molecule has 1 amide bonds. The van der Waals surface area contributed by atoms with Crippen molar-refractivity contribution in [2.45, 2.75) is 84.9 Å². The van der Waals surface area contributed by atoms with Crippen molar-refractivity contribution in [3.8, 4) is 5.88 Å². The van der Waals surface area contributed by atoms with Crippen molar-refractivity contribution < 1.29 is 41.7 Å². The maximum absolute atomic E-state index is 13.8. The van der Waals surface area contributed by atoms with E-state index in [4.69, 9.17) is 18.9 Å². The van der Waals surface area contributed by atoms with E-state index in [-0.39, 0.29) is 36.7 Å². The van der Waals surface area contributed by atoms with Crippen LogP contribution in [-0.2, 0) is 37.2 Å². The Morgan fingerprint density at radius 3 is 2.27 bits per heavy atom. The van der Waals surface area contributed by atoms with Gasteiger partial charge in [0, 0.05) is 17.7 Å². The lowest BCUT2D eigenvalue weighted by Gasteiger charge is -2.35. The van der Waals surface area contributed by atoms with Gasteiger partial charge < -0.3 is 18.9 Å². The SMILES string of the molecule is C=CCOC(=O)N1[C@H](C(=O)OCC)[C@@H](C(C)(C)C)[C@H](OCc2cc(C(F)(F)F)cnc2OC)[C@@H]1c1cccc(C(C)(C)C)c1. The number of aromatic nitrogens is 1. The van der Waals surface area contributed by atoms with Crippen LogP contribution in [0.3, 0.4) is 0 Å². The molecular weight excluding hydrogens is 577 g/mol. The highest BCUT2D eigenvalue weighted by Gasteiger charge is 2.60. The van der Waals surface area contributed by atoms with E-state index in [1.54, 1.807) is 6.92 Å². The van der Waals surface area contributed by atoms with Crippen molar-refractivity contribution in [2.24, 2.45) is 11.3 Å². The van der Waals surface area contributed by atoms with Gasteiger partial charge in [-0.2, -0.15) is 13.2 Å². The van der Waals surface area contributed by atoms with Gasteiger partial charge in [0.1, 0.15) is 12.6 Å². The Morgan fingerprint density at radius 1 is 1.05 bits per heavy atom. The average molecular weight is 621 g/mol. The molecule has 242 valence electrons. The van der Waals surface area contributed by atoms with Gasteiger partial charge in [0.25, 0.3) is 0 Å². The third-order valence-electron chi connectivity index (χ3n) is 7.64. The molecule has 1 aromatic heterocycles. The highest BCUT2D eigenvalue weighted by atomic mass is 19.4. The minimum atomic E-state index is -4.63. The number of hydrogen-bond donors (Lipinski definition) is 0. The number of methoxy groups -OCH3 is 1. The summed E-state index contributed by atoms with van der Waals surface area (Å²) in [6, 6.07) is 6.57. The topological polar surface area (TPSA) is 87.2 Å². The second kappa shape index (κ2) is 13.6. The fraction of sp³-hybridized carbons (Fsp3) is 0.545. The van der Waals surface area contributed by atoms with Crippen LogP contribution < -0.4 is 4.74 Å². The molecule has 1 saturated heterocycles. The van der Waals surface area contributed by atoms with Gasteiger partial charge in [0.2, 0.25) is 5.88 Å². The van der Waals surface area contributed by atoms with Crippen LogP contribution in [0.5, 0.6) is 5.88 Å². The molecule has 1 aliphatic heterocycles. The standard InChI is InChI=1S/C33H43F3N2O6/c1-10-15-43-30(40)38-25(20-13-12-14-22(16-20)31(3,4)5)27(24(32(6,7)8)26(38)29(39)42-11-2)44-19-21-17-23(33(34,35)36)18-37-28(21)41-9/h10,12-14,16-18,24-27H,1,11,15,19H2,2-9H3/t24-,25+,26+,27+/m1/s1. The summed E-state index contributed by atoms with van der Waals surface area (Å²) < 4.78 is 63.5. The minimum Gasteiger partial charge on any atom is -0.481 e. The van der Waals surface area contributed by atoms with Gasteiger partial charge in [-0.15, -0.1) is 0 Å². The molecule has 0 N–H and O–H groups in total. The Kier molecular flexibility index (Phi) is 10.8. The Balaban J connectivity index is 2.26. The Labute approximate surface area is 257 Å². The van der Waals surface area contributed by atoms with Crippen LogP contribution in [0.1, 0.15) is 76.8 Å². The van der Waals surface area contributed by atoms with Gasteiger partial charge >= 0.3 is 18.2 Å². The maximum Gasteiger partial charge on any atom is 0.417 e. The van der Waals surface area contributed by atoms with E-state index >= 15 is 0 Å². The number of alkyl halides is 3. The number of carbonyl (C=O) groups excluding carboxylic acids is 2. The quantitative estimate of drug-likeness (QED) is 0.215. The van der Waals surface area contributed by atoms with Crippen molar-refractivity contribution in [1.82, 2.24) is 9.88 Å². The summed E-state index contributed by atoms with van der Waals surface area (Å²) in [5, 5.41) is 0. The molecule has 1 aliphatic rings. The number of ether oxygens (including phenoxy) is 4. The number of esters is 1. The summed E-state index contributed by atoms with van der Waals surface area (Å²) in [5.41, 5.74) is -0.134. The van der Waals surface area contributed by atoms with Crippen molar-refractivity contribution >= 4 is 12.1 Å². The van der Waals surface area contributed by atoms with Gasteiger partial charge in [-0.3, -0.25) is 4.90 Å². The highest BCUT2D eigenvalue weighted by Crippen LogP contribution is 2.50. The van der Waals surface area contributed by atoms with Crippen LogP contribution in [-0.4, -0.2) is 54.4 Å². The molecule has 44 heavy (non-hydrogen) atoms. The largest absolute Gasteiger partial charge is 0.481 e. The molecule has 0 spiro atoms. The minimum absolute atomic E-state index is 0.0289. The summed E-state index contributed by atoms with van der Waals surface area (Å²) in [6.07, 6.45) is -4.16. The van der Waals surface area contributed by atoms with Crippen LogP contribution in [0, 0.1) is 11.3 Å². The molecule has 2 aromatic rings. The van der Waals surface area contributed by atoms with Gasteiger partial charge in [-0.1, -0.05) is 78.5 Å². The third kappa shape index (κ3) is 7.72.